The van der Waals surface area contributed by atoms with E-state index in [0.29, 0.717) is 12.2 Å². The zero-order chi connectivity index (χ0) is 12.5. The lowest BCUT2D eigenvalue weighted by molar-refractivity contribution is -0.124. The van der Waals surface area contributed by atoms with Gasteiger partial charge in [0, 0.05) is 19.4 Å². The zero-order valence-electron chi connectivity index (χ0n) is 9.06. The SMILES string of the molecule is Cn1ccnc1C1(CNC=O)NC(=O)NC1=O. The molecule has 1 fully saturated rings. The summed E-state index contributed by atoms with van der Waals surface area (Å²) in [6.07, 6.45) is 3.62. The molecule has 0 bridgehead atoms. The van der Waals surface area contributed by atoms with Crippen molar-refractivity contribution in [3.63, 3.8) is 0 Å². The van der Waals surface area contributed by atoms with Crippen molar-refractivity contribution in [3.05, 3.63) is 18.2 Å². The summed E-state index contributed by atoms with van der Waals surface area (Å²) in [6.45, 7) is -0.0566. The molecule has 8 nitrogen and oxygen atoms in total. The van der Waals surface area contributed by atoms with Crippen molar-refractivity contribution in [1.29, 1.82) is 0 Å². The third-order valence-corrected chi connectivity index (χ3v) is 2.60. The predicted molar refractivity (Wildman–Crippen MR) is 55.6 cm³/mol. The van der Waals surface area contributed by atoms with Crippen LogP contribution >= 0.6 is 0 Å². The number of urea groups is 1. The van der Waals surface area contributed by atoms with Crippen LogP contribution in [-0.4, -0.2) is 34.4 Å². The predicted octanol–water partition coefficient (Wildman–Crippen LogP) is -1.80. The van der Waals surface area contributed by atoms with Crippen LogP contribution in [0.25, 0.3) is 0 Å². The van der Waals surface area contributed by atoms with E-state index in [9.17, 15) is 14.4 Å². The van der Waals surface area contributed by atoms with Crippen LogP contribution in [0.15, 0.2) is 12.4 Å². The molecule has 2 heterocycles. The van der Waals surface area contributed by atoms with Gasteiger partial charge in [0.15, 0.2) is 5.54 Å². The molecule has 1 unspecified atom stereocenters. The number of carbonyl (C=O) groups is 3. The molecular formula is C9H11N5O3. The Morgan fingerprint density at radius 1 is 1.59 bits per heavy atom. The summed E-state index contributed by atoms with van der Waals surface area (Å²) < 4.78 is 1.61. The minimum atomic E-state index is -1.35. The highest BCUT2D eigenvalue weighted by molar-refractivity contribution is 6.07. The molecule has 17 heavy (non-hydrogen) atoms. The Hall–Kier alpha value is -2.38. The lowest BCUT2D eigenvalue weighted by atomic mass is 9.99. The summed E-state index contributed by atoms with van der Waals surface area (Å²) in [5.74, 6) is -0.179. The van der Waals surface area contributed by atoms with Gasteiger partial charge < -0.3 is 15.2 Å². The van der Waals surface area contributed by atoms with Crippen LogP contribution in [0.4, 0.5) is 4.79 Å². The second-order valence-corrected chi connectivity index (χ2v) is 3.67. The van der Waals surface area contributed by atoms with E-state index < -0.39 is 17.5 Å². The van der Waals surface area contributed by atoms with Gasteiger partial charge in [-0.25, -0.2) is 9.78 Å². The van der Waals surface area contributed by atoms with Gasteiger partial charge in [-0.2, -0.15) is 0 Å². The molecule has 1 saturated heterocycles. The molecule has 8 heteroatoms. The maximum absolute atomic E-state index is 11.9. The highest BCUT2D eigenvalue weighted by Gasteiger charge is 2.50. The number of nitrogens with one attached hydrogen (secondary N) is 3. The van der Waals surface area contributed by atoms with Crippen molar-refractivity contribution in [1.82, 2.24) is 25.5 Å². The minimum absolute atomic E-state index is 0.0566. The van der Waals surface area contributed by atoms with Crippen molar-refractivity contribution in [3.8, 4) is 0 Å². The lowest BCUT2D eigenvalue weighted by Crippen LogP contribution is -2.52. The molecule has 1 aromatic heterocycles. The number of hydrogen-bond acceptors (Lipinski definition) is 4. The largest absolute Gasteiger partial charge is 0.355 e. The summed E-state index contributed by atoms with van der Waals surface area (Å²) in [4.78, 5) is 37.5. The molecule has 0 spiro atoms. The summed E-state index contributed by atoms with van der Waals surface area (Å²) >= 11 is 0. The van der Waals surface area contributed by atoms with E-state index in [-0.39, 0.29) is 6.54 Å². The number of nitrogens with zero attached hydrogens (tertiary/aromatic N) is 2. The zero-order valence-corrected chi connectivity index (χ0v) is 9.06. The molecule has 0 saturated carbocycles. The Balaban J connectivity index is 2.44. The van der Waals surface area contributed by atoms with Gasteiger partial charge >= 0.3 is 6.03 Å². The van der Waals surface area contributed by atoms with Crippen LogP contribution in [0.2, 0.25) is 0 Å². The number of imidazole rings is 1. The number of aryl methyl sites for hydroxylation is 1. The fraction of sp³-hybridized carbons (Fsp3) is 0.333. The lowest BCUT2D eigenvalue weighted by Gasteiger charge is -2.24. The van der Waals surface area contributed by atoms with Crippen molar-refractivity contribution in [2.24, 2.45) is 7.05 Å². The first kappa shape index (κ1) is 11.1. The van der Waals surface area contributed by atoms with Gasteiger partial charge in [0.1, 0.15) is 5.82 Å². The first-order valence-electron chi connectivity index (χ1n) is 4.88. The molecular weight excluding hydrogens is 226 g/mol. The quantitative estimate of drug-likeness (QED) is 0.424. The van der Waals surface area contributed by atoms with Crippen molar-refractivity contribution in [2.75, 3.05) is 6.54 Å². The second kappa shape index (κ2) is 3.89. The van der Waals surface area contributed by atoms with E-state index in [1.54, 1.807) is 17.8 Å². The van der Waals surface area contributed by atoms with Gasteiger partial charge in [-0.05, 0) is 0 Å². The van der Waals surface area contributed by atoms with Gasteiger partial charge in [-0.1, -0.05) is 0 Å². The molecule has 3 N–H and O–H groups in total. The molecule has 1 atom stereocenters. The number of rotatable bonds is 4. The normalized spacial score (nSPS) is 23.1. The number of imide groups is 1. The summed E-state index contributed by atoms with van der Waals surface area (Å²) in [7, 11) is 1.70. The molecule has 90 valence electrons. The minimum Gasteiger partial charge on any atom is -0.355 e. The molecule has 0 aliphatic carbocycles. The van der Waals surface area contributed by atoms with E-state index in [2.05, 4.69) is 20.9 Å². The van der Waals surface area contributed by atoms with Gasteiger partial charge in [-0.15, -0.1) is 0 Å². The fourth-order valence-electron chi connectivity index (χ4n) is 1.82. The molecule has 1 aromatic rings. The highest BCUT2D eigenvalue weighted by Crippen LogP contribution is 2.22. The second-order valence-electron chi connectivity index (χ2n) is 3.67. The Bertz CT molecular complexity index is 483. The van der Waals surface area contributed by atoms with Crippen LogP contribution in [0, 0.1) is 0 Å². The number of aromatic nitrogens is 2. The molecule has 2 rings (SSSR count). The van der Waals surface area contributed by atoms with Crippen molar-refractivity contribution >= 4 is 18.3 Å². The standard InChI is InChI=1S/C9H11N5O3/c1-14-3-2-11-6(14)9(4-10-5-15)7(16)12-8(17)13-9/h2-3,5H,4H2,1H3,(H,10,15)(H2,12,13,16,17). The van der Waals surface area contributed by atoms with Crippen molar-refractivity contribution in [2.45, 2.75) is 5.54 Å². The fourth-order valence-corrected chi connectivity index (χ4v) is 1.82. The van der Waals surface area contributed by atoms with Gasteiger partial charge in [0.2, 0.25) is 6.41 Å². The van der Waals surface area contributed by atoms with Crippen LogP contribution in [0.5, 0.6) is 0 Å². The molecule has 1 aliphatic rings. The number of carbonyl (C=O) groups excluding carboxylic acids is 3. The van der Waals surface area contributed by atoms with Crippen LogP contribution in [0.3, 0.4) is 0 Å². The monoisotopic (exact) mass is 237 g/mol. The maximum atomic E-state index is 11.9. The van der Waals surface area contributed by atoms with E-state index in [1.165, 1.54) is 6.20 Å². The van der Waals surface area contributed by atoms with Crippen molar-refractivity contribution < 1.29 is 14.4 Å². The van der Waals surface area contributed by atoms with E-state index >= 15 is 0 Å². The number of hydrogen-bond donors (Lipinski definition) is 3. The molecule has 0 radical (unpaired) electrons. The van der Waals surface area contributed by atoms with E-state index in [1.807, 2.05) is 0 Å². The summed E-state index contributed by atoms with van der Waals surface area (Å²) in [5.41, 5.74) is -1.35. The van der Waals surface area contributed by atoms with E-state index in [4.69, 9.17) is 0 Å². The Kier molecular flexibility index (Phi) is 2.54. The average Bonchev–Trinajstić information content (AvgIpc) is 2.81. The van der Waals surface area contributed by atoms with Gasteiger partial charge in [0.05, 0.1) is 6.54 Å². The van der Waals surface area contributed by atoms with Gasteiger partial charge in [-0.3, -0.25) is 14.9 Å². The average molecular weight is 237 g/mol. The van der Waals surface area contributed by atoms with Gasteiger partial charge in [0.25, 0.3) is 5.91 Å². The molecule has 1 aliphatic heterocycles. The van der Waals surface area contributed by atoms with Crippen LogP contribution in [0.1, 0.15) is 5.82 Å². The third kappa shape index (κ3) is 1.63. The Labute approximate surface area is 96.4 Å². The third-order valence-electron chi connectivity index (χ3n) is 2.60. The first-order valence-corrected chi connectivity index (χ1v) is 4.88. The Morgan fingerprint density at radius 3 is 2.82 bits per heavy atom. The smallest absolute Gasteiger partial charge is 0.322 e. The topological polar surface area (TPSA) is 105 Å². The summed E-state index contributed by atoms with van der Waals surface area (Å²) in [6, 6.07) is -0.606. The molecule has 4 amide bonds. The Morgan fingerprint density at radius 2 is 2.35 bits per heavy atom. The maximum Gasteiger partial charge on any atom is 0.322 e. The highest BCUT2D eigenvalue weighted by atomic mass is 16.2. The van der Waals surface area contributed by atoms with Crippen LogP contribution < -0.4 is 16.0 Å². The first-order chi connectivity index (χ1) is 8.10. The summed E-state index contributed by atoms with van der Waals surface area (Å²) in [5, 5.41) is 7.01. The molecule has 0 aromatic carbocycles. The number of amides is 4. The van der Waals surface area contributed by atoms with E-state index in [0.717, 1.165) is 0 Å². The van der Waals surface area contributed by atoms with Crippen LogP contribution in [-0.2, 0) is 22.2 Å².